The van der Waals surface area contributed by atoms with Gasteiger partial charge in [-0.3, -0.25) is 4.40 Å². The van der Waals surface area contributed by atoms with Gasteiger partial charge in [0.25, 0.3) is 0 Å². The molecule has 1 N–H and O–H groups in total. The predicted molar refractivity (Wildman–Crippen MR) is 92.0 cm³/mol. The van der Waals surface area contributed by atoms with Gasteiger partial charge in [-0.25, -0.2) is 9.97 Å². The van der Waals surface area contributed by atoms with Crippen LogP contribution in [0.4, 0.5) is 17.2 Å². The summed E-state index contributed by atoms with van der Waals surface area (Å²) in [6, 6.07) is 6.50. The third-order valence-electron chi connectivity index (χ3n) is 4.03. The van der Waals surface area contributed by atoms with Crippen LogP contribution in [-0.2, 0) is 6.42 Å². The maximum atomic E-state index is 4.44. The fourth-order valence-corrected chi connectivity index (χ4v) is 3.55. The number of aryl methyl sites for hydroxylation is 1. The summed E-state index contributed by atoms with van der Waals surface area (Å²) in [5, 5.41) is 3.40. The molecule has 4 rings (SSSR count). The van der Waals surface area contributed by atoms with Gasteiger partial charge in [-0.05, 0) is 37.1 Å². The molecule has 0 unspecified atom stereocenters. The van der Waals surface area contributed by atoms with Gasteiger partial charge in [0.15, 0.2) is 11.5 Å². The third-order valence-corrected chi connectivity index (χ3v) is 4.85. The molecule has 0 aliphatic carbocycles. The molecule has 0 saturated heterocycles. The topological polar surface area (TPSA) is 45.5 Å². The molecule has 0 saturated carbocycles. The quantitative estimate of drug-likeness (QED) is 0.751. The van der Waals surface area contributed by atoms with E-state index < -0.39 is 0 Å². The number of aromatic nitrogens is 3. The highest BCUT2D eigenvalue weighted by Crippen LogP contribution is 2.34. The fourth-order valence-electron chi connectivity index (χ4n) is 2.91. The number of anilines is 3. The average molecular weight is 311 g/mol. The second-order valence-corrected chi connectivity index (χ2v) is 6.18. The van der Waals surface area contributed by atoms with Crippen LogP contribution in [-0.4, -0.2) is 27.2 Å². The number of rotatable bonds is 3. The zero-order chi connectivity index (χ0) is 15.1. The molecule has 3 aromatic rings. The first-order chi connectivity index (χ1) is 10.8. The molecule has 0 amide bonds. The second-order valence-electron chi connectivity index (χ2n) is 5.37. The van der Waals surface area contributed by atoms with Gasteiger partial charge in [0.1, 0.15) is 0 Å². The molecule has 1 aromatic carbocycles. The monoisotopic (exact) mass is 311 g/mol. The summed E-state index contributed by atoms with van der Waals surface area (Å²) in [5.74, 6) is 0.787. The van der Waals surface area contributed by atoms with E-state index in [0.717, 1.165) is 35.8 Å². The number of nitrogens with zero attached hydrogens (tertiary/aromatic N) is 4. The molecule has 0 atom stereocenters. The van der Waals surface area contributed by atoms with Crippen molar-refractivity contribution in [3.8, 4) is 0 Å². The molecule has 22 heavy (non-hydrogen) atoms. The fraction of sp³-hybridized carbons (Fsp3) is 0.250. The molecule has 0 bridgehead atoms. The Labute approximate surface area is 133 Å². The lowest BCUT2D eigenvalue weighted by molar-refractivity contribution is 1.06. The van der Waals surface area contributed by atoms with Crippen molar-refractivity contribution in [2.24, 2.45) is 0 Å². The normalized spacial score (nSPS) is 13.6. The summed E-state index contributed by atoms with van der Waals surface area (Å²) in [5.41, 5.74) is 5.71. The van der Waals surface area contributed by atoms with Crippen LogP contribution in [0, 0.1) is 6.92 Å². The highest BCUT2D eigenvalue weighted by atomic mass is 32.2. The Balaban J connectivity index is 1.69. The van der Waals surface area contributed by atoms with E-state index in [1.807, 2.05) is 23.7 Å². The van der Waals surface area contributed by atoms with E-state index in [1.165, 1.54) is 11.3 Å². The number of benzene rings is 1. The van der Waals surface area contributed by atoms with Crippen LogP contribution in [0.5, 0.6) is 0 Å². The molecule has 0 radical (unpaired) electrons. The lowest BCUT2D eigenvalue weighted by Gasteiger charge is -2.15. The van der Waals surface area contributed by atoms with Crippen molar-refractivity contribution < 1.29 is 0 Å². The average Bonchev–Trinajstić information content (AvgIpc) is 3.11. The lowest BCUT2D eigenvalue weighted by Crippen LogP contribution is -2.08. The Morgan fingerprint density at radius 3 is 3.05 bits per heavy atom. The summed E-state index contributed by atoms with van der Waals surface area (Å²) in [6.07, 6.45) is 8.80. The van der Waals surface area contributed by atoms with Gasteiger partial charge in [-0.1, -0.05) is 11.9 Å². The van der Waals surface area contributed by atoms with Crippen LogP contribution in [0.1, 0.15) is 11.3 Å². The predicted octanol–water partition coefficient (Wildman–Crippen LogP) is 3.42. The molecule has 0 fully saturated rings. The van der Waals surface area contributed by atoms with Crippen LogP contribution < -0.4 is 9.62 Å². The second kappa shape index (κ2) is 5.21. The summed E-state index contributed by atoms with van der Waals surface area (Å²) in [6.45, 7) is 3.11. The standard InChI is InChI=1S/C16H17N5S/c1-11-10-18-16-15(17-6-8-20(11)16)19-13-3-4-14-12(9-13)5-7-21(14)22-2/h3-4,6,8-10H,5,7H2,1-2H3,(H,17,19). The van der Waals surface area contributed by atoms with Crippen LogP contribution in [0.25, 0.3) is 5.65 Å². The number of nitrogens with one attached hydrogen (secondary N) is 1. The van der Waals surface area contributed by atoms with Crippen molar-refractivity contribution in [1.29, 1.82) is 0 Å². The maximum absolute atomic E-state index is 4.44. The Hall–Kier alpha value is -2.21. The Morgan fingerprint density at radius 2 is 2.18 bits per heavy atom. The molecule has 0 spiro atoms. The minimum atomic E-state index is 0.787. The molecule has 2 aromatic heterocycles. The minimum absolute atomic E-state index is 0.787. The molecule has 5 nitrogen and oxygen atoms in total. The van der Waals surface area contributed by atoms with Gasteiger partial charge in [-0.15, -0.1) is 0 Å². The Morgan fingerprint density at radius 1 is 1.27 bits per heavy atom. The summed E-state index contributed by atoms with van der Waals surface area (Å²) in [7, 11) is 0. The van der Waals surface area contributed by atoms with Crippen LogP contribution in [0.15, 0.2) is 36.8 Å². The molecular weight excluding hydrogens is 294 g/mol. The number of imidazole rings is 1. The van der Waals surface area contributed by atoms with Crippen LogP contribution >= 0.6 is 11.9 Å². The van der Waals surface area contributed by atoms with E-state index in [1.54, 1.807) is 18.1 Å². The highest BCUT2D eigenvalue weighted by molar-refractivity contribution is 8.00. The van der Waals surface area contributed by atoms with Crippen LogP contribution in [0.2, 0.25) is 0 Å². The van der Waals surface area contributed by atoms with E-state index in [4.69, 9.17) is 0 Å². The molecule has 1 aliphatic heterocycles. The summed E-state index contributed by atoms with van der Waals surface area (Å²) in [4.78, 5) is 8.87. The molecular formula is C16H17N5S. The first-order valence-corrected chi connectivity index (χ1v) is 8.44. The van der Waals surface area contributed by atoms with Crippen molar-refractivity contribution >= 4 is 34.8 Å². The Bertz CT molecular complexity index is 842. The zero-order valence-electron chi connectivity index (χ0n) is 12.6. The van der Waals surface area contributed by atoms with Crippen molar-refractivity contribution in [2.75, 3.05) is 22.4 Å². The van der Waals surface area contributed by atoms with Crippen LogP contribution in [0.3, 0.4) is 0 Å². The smallest absolute Gasteiger partial charge is 0.180 e. The van der Waals surface area contributed by atoms with Gasteiger partial charge >= 0.3 is 0 Å². The van der Waals surface area contributed by atoms with Crippen molar-refractivity contribution in [1.82, 2.24) is 14.4 Å². The molecule has 1 aliphatic rings. The van der Waals surface area contributed by atoms with Crippen molar-refractivity contribution in [3.05, 3.63) is 48.0 Å². The van der Waals surface area contributed by atoms with E-state index in [-0.39, 0.29) is 0 Å². The maximum Gasteiger partial charge on any atom is 0.180 e. The number of hydrogen-bond acceptors (Lipinski definition) is 5. The minimum Gasteiger partial charge on any atom is -0.337 e. The molecule has 6 heteroatoms. The van der Waals surface area contributed by atoms with E-state index in [0.29, 0.717) is 0 Å². The highest BCUT2D eigenvalue weighted by Gasteiger charge is 2.18. The van der Waals surface area contributed by atoms with E-state index in [2.05, 4.69) is 44.0 Å². The Kier molecular flexibility index (Phi) is 3.18. The van der Waals surface area contributed by atoms with Gasteiger partial charge in [0.05, 0.1) is 5.69 Å². The van der Waals surface area contributed by atoms with E-state index >= 15 is 0 Å². The lowest BCUT2D eigenvalue weighted by atomic mass is 10.1. The largest absolute Gasteiger partial charge is 0.337 e. The van der Waals surface area contributed by atoms with E-state index in [9.17, 15) is 0 Å². The van der Waals surface area contributed by atoms with Gasteiger partial charge < -0.3 is 9.62 Å². The van der Waals surface area contributed by atoms with Crippen molar-refractivity contribution in [3.63, 3.8) is 0 Å². The summed E-state index contributed by atoms with van der Waals surface area (Å²) >= 11 is 1.78. The van der Waals surface area contributed by atoms with Gasteiger partial charge in [0, 0.05) is 42.8 Å². The first kappa shape index (κ1) is 13.5. The number of fused-ring (bicyclic) bond motifs is 2. The molecule has 3 heterocycles. The first-order valence-electron chi connectivity index (χ1n) is 7.26. The molecule has 112 valence electrons. The third kappa shape index (κ3) is 2.11. The van der Waals surface area contributed by atoms with Gasteiger partial charge in [0.2, 0.25) is 0 Å². The SMILES string of the molecule is CSN1CCc2cc(Nc3nccn4c(C)cnc34)ccc21. The summed E-state index contributed by atoms with van der Waals surface area (Å²) < 4.78 is 4.37. The number of hydrogen-bond donors (Lipinski definition) is 1. The van der Waals surface area contributed by atoms with Gasteiger partial charge in [-0.2, -0.15) is 0 Å². The van der Waals surface area contributed by atoms with Crippen molar-refractivity contribution in [2.45, 2.75) is 13.3 Å². The zero-order valence-corrected chi connectivity index (χ0v) is 13.4.